The molecule has 3 N–H and O–H groups in total. The van der Waals surface area contributed by atoms with Gasteiger partial charge in [-0.15, -0.1) is 0 Å². The number of aromatic amines is 1. The summed E-state index contributed by atoms with van der Waals surface area (Å²) in [5.41, 5.74) is 6.04. The van der Waals surface area contributed by atoms with Gasteiger partial charge in [0.25, 0.3) is 0 Å². The maximum absolute atomic E-state index is 10.8. The van der Waals surface area contributed by atoms with Crippen LogP contribution in [-0.2, 0) is 9.59 Å². The minimum Gasteiger partial charge on any atom is -0.478 e. The average Bonchev–Trinajstić information content (AvgIpc) is 3.32. The molecule has 0 fully saturated rings. The first-order valence-electron chi connectivity index (χ1n) is 10.5. The fourth-order valence-electron chi connectivity index (χ4n) is 3.47. The van der Waals surface area contributed by atoms with E-state index in [0.717, 1.165) is 45.7 Å². The number of rotatable bonds is 7. The maximum Gasteiger partial charge on any atom is 0.328 e. The Morgan fingerprint density at radius 3 is 1.71 bits per heavy atom. The van der Waals surface area contributed by atoms with E-state index in [1.165, 1.54) is 12.2 Å². The number of hydrogen-bond acceptors (Lipinski definition) is 3. The van der Waals surface area contributed by atoms with Gasteiger partial charge in [-0.3, -0.25) is 0 Å². The van der Waals surface area contributed by atoms with Crippen molar-refractivity contribution in [2.45, 2.75) is 0 Å². The summed E-state index contributed by atoms with van der Waals surface area (Å²) < 4.78 is 0. The average molecular weight is 461 g/mol. The number of nitrogens with one attached hydrogen (secondary N) is 1. The number of carboxylic acids is 2. The van der Waals surface area contributed by atoms with Crippen molar-refractivity contribution in [3.63, 3.8) is 0 Å². The first-order valence-corrected chi connectivity index (χ1v) is 10.5. The van der Waals surface area contributed by atoms with E-state index < -0.39 is 11.9 Å². The Bertz CT molecular complexity index is 1390. The zero-order chi connectivity index (χ0) is 24.8. The number of benzene rings is 3. The highest BCUT2D eigenvalue weighted by atomic mass is 16.4. The first kappa shape index (κ1) is 23.0. The molecule has 0 aliphatic rings. The lowest BCUT2D eigenvalue weighted by Gasteiger charge is -2.05. The number of carbonyl (C=O) groups is 2. The molecule has 0 bridgehead atoms. The van der Waals surface area contributed by atoms with Crippen LogP contribution in [0.15, 0.2) is 84.9 Å². The van der Waals surface area contributed by atoms with Gasteiger partial charge in [0.15, 0.2) is 5.69 Å². The van der Waals surface area contributed by atoms with Crippen LogP contribution in [0.3, 0.4) is 0 Å². The molecule has 4 aromatic rings. The van der Waals surface area contributed by atoms with Crippen LogP contribution >= 0.6 is 0 Å². The Morgan fingerprint density at radius 1 is 0.743 bits per heavy atom. The smallest absolute Gasteiger partial charge is 0.328 e. The van der Waals surface area contributed by atoms with Gasteiger partial charge < -0.3 is 15.2 Å². The van der Waals surface area contributed by atoms with Gasteiger partial charge in [-0.2, -0.15) is 0 Å². The van der Waals surface area contributed by atoms with E-state index in [-0.39, 0.29) is 0 Å². The molecule has 0 atom stereocenters. The maximum atomic E-state index is 10.8. The molecule has 1 heterocycles. The molecule has 1 aromatic heterocycles. The highest BCUT2D eigenvalue weighted by Gasteiger charge is 2.15. The molecule has 0 saturated carbocycles. The van der Waals surface area contributed by atoms with Crippen LogP contribution in [0.5, 0.6) is 0 Å². The molecular formula is C28H19N3O4. The van der Waals surface area contributed by atoms with Crippen molar-refractivity contribution in [2.75, 3.05) is 0 Å². The summed E-state index contributed by atoms with van der Waals surface area (Å²) in [4.78, 5) is 33.2. The second kappa shape index (κ2) is 10.1. The fraction of sp³-hybridized carbons (Fsp3) is 0. The highest BCUT2D eigenvalue weighted by molar-refractivity contribution is 5.87. The lowest BCUT2D eigenvalue weighted by Crippen LogP contribution is -1.87. The summed E-state index contributed by atoms with van der Waals surface area (Å²) in [5, 5.41) is 17.7. The van der Waals surface area contributed by atoms with Gasteiger partial charge in [0.1, 0.15) is 5.82 Å². The van der Waals surface area contributed by atoms with E-state index in [9.17, 15) is 9.59 Å². The van der Waals surface area contributed by atoms with Gasteiger partial charge in [0.2, 0.25) is 0 Å². The van der Waals surface area contributed by atoms with E-state index in [1.807, 2.05) is 60.7 Å². The Balaban J connectivity index is 1.76. The van der Waals surface area contributed by atoms with Crippen molar-refractivity contribution in [1.82, 2.24) is 9.97 Å². The minimum absolute atomic E-state index is 0.538. The Kier molecular flexibility index (Phi) is 6.66. The van der Waals surface area contributed by atoms with Gasteiger partial charge in [0.05, 0.1) is 18.0 Å². The number of carboxylic acid groups (broad SMARTS) is 2. The molecule has 4 rings (SSSR count). The zero-order valence-corrected chi connectivity index (χ0v) is 18.3. The minimum atomic E-state index is -1.01. The fourth-order valence-corrected chi connectivity index (χ4v) is 3.47. The van der Waals surface area contributed by atoms with Crippen LogP contribution in [0.25, 0.3) is 50.9 Å². The number of imidazole rings is 1. The van der Waals surface area contributed by atoms with Gasteiger partial charge >= 0.3 is 11.9 Å². The number of nitrogens with zero attached hydrogens (tertiary/aromatic N) is 2. The number of H-pyrrole nitrogens is 1. The largest absolute Gasteiger partial charge is 0.478 e. The van der Waals surface area contributed by atoms with Gasteiger partial charge in [-0.1, -0.05) is 72.8 Å². The molecule has 0 aliphatic heterocycles. The van der Waals surface area contributed by atoms with Gasteiger partial charge in [-0.05, 0) is 23.3 Å². The topological polar surface area (TPSA) is 108 Å². The zero-order valence-electron chi connectivity index (χ0n) is 18.3. The second-order valence-corrected chi connectivity index (χ2v) is 7.55. The summed E-state index contributed by atoms with van der Waals surface area (Å²) in [6.45, 7) is 7.15. The monoisotopic (exact) mass is 461 g/mol. The quantitative estimate of drug-likeness (QED) is 0.226. The van der Waals surface area contributed by atoms with Crippen LogP contribution in [0.2, 0.25) is 0 Å². The predicted molar refractivity (Wildman–Crippen MR) is 134 cm³/mol. The van der Waals surface area contributed by atoms with E-state index in [4.69, 9.17) is 21.8 Å². The lowest BCUT2D eigenvalue weighted by molar-refractivity contribution is -0.132. The van der Waals surface area contributed by atoms with Crippen LogP contribution in [0, 0.1) is 6.57 Å². The molecule has 170 valence electrons. The van der Waals surface area contributed by atoms with Crippen LogP contribution < -0.4 is 0 Å². The van der Waals surface area contributed by atoms with Gasteiger partial charge in [-0.25, -0.2) is 19.4 Å². The summed E-state index contributed by atoms with van der Waals surface area (Å²) in [7, 11) is 0. The first-order chi connectivity index (χ1) is 16.9. The van der Waals surface area contributed by atoms with Crippen LogP contribution in [0.4, 0.5) is 5.69 Å². The molecular weight excluding hydrogens is 442 g/mol. The molecule has 7 heteroatoms. The van der Waals surface area contributed by atoms with E-state index >= 15 is 0 Å². The second-order valence-electron chi connectivity index (χ2n) is 7.55. The molecule has 35 heavy (non-hydrogen) atoms. The van der Waals surface area contributed by atoms with Crippen molar-refractivity contribution < 1.29 is 19.8 Å². The van der Waals surface area contributed by atoms with Crippen LogP contribution in [-0.4, -0.2) is 32.1 Å². The number of aliphatic carboxylic acids is 2. The molecule has 3 aromatic carbocycles. The Morgan fingerprint density at radius 2 is 1.23 bits per heavy atom. The molecule has 0 spiro atoms. The third-order valence-corrected chi connectivity index (χ3v) is 5.19. The Labute approximate surface area is 201 Å². The summed E-state index contributed by atoms with van der Waals surface area (Å²) >= 11 is 0. The lowest BCUT2D eigenvalue weighted by atomic mass is 10.0. The molecule has 7 nitrogen and oxygen atoms in total. The van der Waals surface area contributed by atoms with E-state index in [2.05, 4.69) is 9.83 Å². The van der Waals surface area contributed by atoms with Gasteiger partial charge in [0, 0.05) is 28.8 Å². The number of aromatic nitrogens is 2. The third kappa shape index (κ3) is 5.59. The molecule has 0 amide bonds. The molecule has 0 radical (unpaired) electrons. The number of hydrogen-bond donors (Lipinski definition) is 3. The highest BCUT2D eigenvalue weighted by Crippen LogP contribution is 2.34. The summed E-state index contributed by atoms with van der Waals surface area (Å²) in [6.07, 6.45) is 5.21. The normalized spacial score (nSPS) is 11.1. The Hall–Kier alpha value is -5.22. The SMILES string of the molecule is [C-]#[N+]c1ccc(-c2nc(-c3ccc(C=CC(=O)O)cc3)c(-c3ccc(C=CC(=O)O)cc3)[nH]2)cc1. The van der Waals surface area contributed by atoms with E-state index in [1.54, 1.807) is 12.1 Å². The summed E-state index contributed by atoms with van der Waals surface area (Å²) in [5.74, 6) is -1.39. The van der Waals surface area contributed by atoms with Crippen molar-refractivity contribution >= 4 is 29.8 Å². The van der Waals surface area contributed by atoms with Crippen LogP contribution in [0.1, 0.15) is 11.1 Å². The third-order valence-electron chi connectivity index (χ3n) is 5.19. The van der Waals surface area contributed by atoms with Crippen molar-refractivity contribution in [1.29, 1.82) is 0 Å². The van der Waals surface area contributed by atoms with Crippen molar-refractivity contribution in [2.24, 2.45) is 0 Å². The standard InChI is InChI=1S/C28H19N3O4/c1-29-23-14-12-22(13-15-23)28-30-26(20-8-2-18(3-9-20)6-16-24(32)33)27(31-28)21-10-4-19(5-11-21)7-17-25(34)35/h2-17H,(H,30,31)(H,32,33)(H,34,35). The molecule has 0 aliphatic carbocycles. The molecule has 0 unspecified atom stereocenters. The van der Waals surface area contributed by atoms with E-state index in [0.29, 0.717) is 17.2 Å². The predicted octanol–water partition coefficient (Wildman–Crippen LogP) is 6.16. The summed E-state index contributed by atoms with van der Waals surface area (Å²) in [6, 6.07) is 21.9. The van der Waals surface area contributed by atoms with Crippen molar-refractivity contribution in [3.8, 4) is 33.9 Å². The molecule has 0 saturated heterocycles. The van der Waals surface area contributed by atoms with Crippen molar-refractivity contribution in [3.05, 3.63) is 107 Å².